The smallest absolute Gasteiger partial charge is 0.306 e. The first kappa shape index (κ1) is 18.8. The average molecular weight is 357 g/mol. The monoisotopic (exact) mass is 357 g/mol. The van der Waals surface area contributed by atoms with Gasteiger partial charge in [-0.05, 0) is 44.4 Å². The quantitative estimate of drug-likeness (QED) is 0.723. The van der Waals surface area contributed by atoms with E-state index in [0.717, 1.165) is 24.6 Å². The van der Waals surface area contributed by atoms with Gasteiger partial charge in [-0.1, -0.05) is 25.7 Å². The third-order valence-corrected chi connectivity index (χ3v) is 5.35. The van der Waals surface area contributed by atoms with Gasteiger partial charge in [-0.25, -0.2) is 4.98 Å². The molecular formula is C16H29N3O2P2. The highest BCUT2D eigenvalue weighted by molar-refractivity contribution is 7.30. The number of carbonyl (C=O) groups is 1. The molecule has 0 bridgehead atoms. The van der Waals surface area contributed by atoms with E-state index >= 15 is 0 Å². The second kappa shape index (κ2) is 9.11. The molecule has 1 N–H and O–H groups in total. The minimum atomic E-state index is -0.717. The van der Waals surface area contributed by atoms with Crippen molar-refractivity contribution in [1.82, 2.24) is 14.0 Å². The lowest BCUT2D eigenvalue weighted by atomic mass is 9.87. The van der Waals surface area contributed by atoms with Crippen LogP contribution in [0.3, 0.4) is 0 Å². The van der Waals surface area contributed by atoms with E-state index in [9.17, 15) is 9.90 Å². The summed E-state index contributed by atoms with van der Waals surface area (Å²) in [5, 5.41) is 9.43. The molecule has 0 aliphatic heterocycles. The van der Waals surface area contributed by atoms with Gasteiger partial charge in [0, 0.05) is 25.2 Å². The highest BCUT2D eigenvalue weighted by atomic mass is 31.1. The minimum absolute atomic E-state index is 0.348. The highest BCUT2D eigenvalue weighted by Crippen LogP contribution is 2.32. The molecule has 1 fully saturated rings. The number of hydrogen-bond acceptors (Lipinski definition) is 3. The first-order valence-corrected chi connectivity index (χ1v) is 9.51. The molecule has 0 amide bonds. The SMILES string of the molecule is C[C@H]1CC[C@H](n2cnc(C[C@H](CCCN(P)P)C(=O)O)c2)CC1. The van der Waals surface area contributed by atoms with E-state index in [-0.39, 0.29) is 5.92 Å². The summed E-state index contributed by atoms with van der Waals surface area (Å²) in [6.45, 7) is 3.17. The first-order valence-electron chi connectivity index (χ1n) is 8.47. The molecule has 23 heavy (non-hydrogen) atoms. The van der Waals surface area contributed by atoms with E-state index in [2.05, 4.69) is 41.5 Å². The van der Waals surface area contributed by atoms with Gasteiger partial charge in [0.2, 0.25) is 0 Å². The lowest BCUT2D eigenvalue weighted by Crippen LogP contribution is -2.18. The number of imidazole rings is 1. The molecule has 130 valence electrons. The molecular weight excluding hydrogens is 328 g/mol. The number of rotatable bonds is 8. The maximum absolute atomic E-state index is 11.5. The molecule has 1 aromatic heterocycles. The van der Waals surface area contributed by atoms with Crippen LogP contribution in [0.5, 0.6) is 0 Å². The normalized spacial score (nSPS) is 23.1. The molecule has 0 aromatic carbocycles. The molecule has 1 saturated carbocycles. The summed E-state index contributed by atoms with van der Waals surface area (Å²) >= 11 is 0. The summed E-state index contributed by atoms with van der Waals surface area (Å²) in [6, 6.07) is 0.540. The van der Waals surface area contributed by atoms with Crippen molar-refractivity contribution in [3.05, 3.63) is 18.2 Å². The van der Waals surface area contributed by atoms with Gasteiger partial charge >= 0.3 is 5.97 Å². The number of carboxylic acid groups (broad SMARTS) is 1. The molecule has 3 atom stereocenters. The Balaban J connectivity index is 1.89. The molecule has 1 aromatic rings. The topological polar surface area (TPSA) is 58.4 Å². The van der Waals surface area contributed by atoms with Crippen molar-refractivity contribution in [1.29, 1.82) is 0 Å². The number of aromatic nitrogens is 2. The Kier molecular flexibility index (Phi) is 7.46. The van der Waals surface area contributed by atoms with Crippen LogP contribution in [0.25, 0.3) is 0 Å². The third kappa shape index (κ3) is 6.14. The van der Waals surface area contributed by atoms with Crippen molar-refractivity contribution >= 4 is 24.8 Å². The first-order chi connectivity index (χ1) is 11.0. The van der Waals surface area contributed by atoms with Crippen LogP contribution in [0, 0.1) is 11.8 Å². The van der Waals surface area contributed by atoms with Crippen LogP contribution in [-0.4, -0.2) is 31.6 Å². The Morgan fingerprint density at radius 1 is 1.43 bits per heavy atom. The second-order valence-electron chi connectivity index (χ2n) is 6.85. The summed E-state index contributed by atoms with van der Waals surface area (Å²) < 4.78 is 4.13. The van der Waals surface area contributed by atoms with Crippen LogP contribution >= 0.6 is 18.8 Å². The van der Waals surface area contributed by atoms with E-state index in [1.165, 1.54) is 25.7 Å². The van der Waals surface area contributed by atoms with Crippen molar-refractivity contribution in [2.24, 2.45) is 11.8 Å². The molecule has 0 spiro atoms. The maximum Gasteiger partial charge on any atom is 0.306 e. The van der Waals surface area contributed by atoms with Crippen LogP contribution in [0.1, 0.15) is 57.2 Å². The van der Waals surface area contributed by atoms with Crippen LogP contribution in [-0.2, 0) is 11.2 Å². The van der Waals surface area contributed by atoms with Gasteiger partial charge < -0.3 is 9.67 Å². The van der Waals surface area contributed by atoms with E-state index < -0.39 is 5.97 Å². The minimum Gasteiger partial charge on any atom is -0.481 e. The molecule has 2 rings (SSSR count). The molecule has 0 saturated heterocycles. The standard InChI is InChI=1S/C16H29N3O2P2/c1-12-4-6-15(7-5-12)18-10-14(17-11-18)9-13(16(20)21)3-2-8-19(22)23/h10-13,15H,2-9,22-23H2,1H3,(H,20,21)/t12-,13-,15-/m0/s1. The number of hydrogen-bond donors (Lipinski definition) is 1. The fourth-order valence-electron chi connectivity index (χ4n) is 3.31. The van der Waals surface area contributed by atoms with Crippen molar-refractivity contribution in [3.8, 4) is 0 Å². The van der Waals surface area contributed by atoms with E-state index in [4.69, 9.17) is 0 Å². The molecule has 1 aliphatic carbocycles. The van der Waals surface area contributed by atoms with Crippen molar-refractivity contribution in [3.63, 3.8) is 0 Å². The van der Waals surface area contributed by atoms with Gasteiger partial charge in [0.25, 0.3) is 0 Å². The molecule has 5 nitrogen and oxygen atoms in total. The number of carboxylic acids is 1. The molecule has 1 aliphatic rings. The predicted octanol–water partition coefficient (Wildman–Crippen LogP) is 3.54. The van der Waals surface area contributed by atoms with E-state index in [1.54, 1.807) is 0 Å². The maximum atomic E-state index is 11.5. The Morgan fingerprint density at radius 2 is 2.13 bits per heavy atom. The van der Waals surface area contributed by atoms with Crippen LogP contribution < -0.4 is 0 Å². The van der Waals surface area contributed by atoms with Gasteiger partial charge in [-0.3, -0.25) is 9.24 Å². The van der Waals surface area contributed by atoms with Gasteiger partial charge in [0.05, 0.1) is 17.9 Å². The van der Waals surface area contributed by atoms with Crippen LogP contribution in [0.2, 0.25) is 0 Å². The van der Waals surface area contributed by atoms with Crippen molar-refractivity contribution in [2.75, 3.05) is 6.54 Å². The van der Waals surface area contributed by atoms with E-state index in [1.807, 2.05) is 10.8 Å². The Bertz CT molecular complexity index is 499. The molecule has 7 heteroatoms. The Morgan fingerprint density at radius 3 is 2.74 bits per heavy atom. The molecule has 1 heterocycles. The van der Waals surface area contributed by atoms with Crippen LogP contribution in [0.4, 0.5) is 0 Å². The summed E-state index contributed by atoms with van der Waals surface area (Å²) in [7, 11) is 5.14. The number of aliphatic carboxylic acids is 1. The number of nitrogens with zero attached hydrogens (tertiary/aromatic N) is 3. The zero-order chi connectivity index (χ0) is 16.8. The lowest BCUT2D eigenvalue weighted by molar-refractivity contribution is -0.142. The summed E-state index contributed by atoms with van der Waals surface area (Å²) in [4.78, 5) is 15.9. The van der Waals surface area contributed by atoms with Gasteiger partial charge in [-0.2, -0.15) is 0 Å². The zero-order valence-corrected chi connectivity index (χ0v) is 16.2. The fraction of sp³-hybridized carbons (Fsp3) is 0.750. The summed E-state index contributed by atoms with van der Waals surface area (Å²) in [5.41, 5.74) is 0.907. The van der Waals surface area contributed by atoms with Crippen molar-refractivity contribution in [2.45, 2.75) is 57.9 Å². The molecule has 0 radical (unpaired) electrons. The Labute approximate surface area is 143 Å². The van der Waals surface area contributed by atoms with Gasteiger partial charge in [-0.15, -0.1) is 0 Å². The largest absolute Gasteiger partial charge is 0.481 e. The summed E-state index contributed by atoms with van der Waals surface area (Å²) in [5.74, 6) is -0.233. The fourth-order valence-corrected chi connectivity index (χ4v) is 3.68. The predicted molar refractivity (Wildman–Crippen MR) is 99.1 cm³/mol. The molecule has 2 unspecified atom stereocenters. The zero-order valence-electron chi connectivity index (χ0n) is 13.9. The van der Waals surface area contributed by atoms with Crippen LogP contribution in [0.15, 0.2) is 12.5 Å². The van der Waals surface area contributed by atoms with Crippen molar-refractivity contribution < 1.29 is 9.90 Å². The van der Waals surface area contributed by atoms with Gasteiger partial charge in [0.1, 0.15) is 0 Å². The second-order valence-corrected chi connectivity index (χ2v) is 8.77. The Hall–Kier alpha value is -0.500. The third-order valence-electron chi connectivity index (χ3n) is 4.84. The average Bonchev–Trinajstić information content (AvgIpc) is 2.95. The van der Waals surface area contributed by atoms with E-state index in [0.29, 0.717) is 18.9 Å². The van der Waals surface area contributed by atoms with Gasteiger partial charge in [0.15, 0.2) is 0 Å². The highest BCUT2D eigenvalue weighted by Gasteiger charge is 2.22. The lowest BCUT2D eigenvalue weighted by Gasteiger charge is -2.26. The summed E-state index contributed by atoms with van der Waals surface area (Å²) in [6.07, 6.45) is 11.0.